The van der Waals surface area contributed by atoms with E-state index in [9.17, 15) is 5.11 Å². The number of aromatic hydroxyl groups is 1. The molecule has 1 rings (SSSR count). The molecule has 1 nitrogen and oxygen atoms in total. The Labute approximate surface area is 89.1 Å². The Balaban J connectivity index is 2.75. The van der Waals surface area contributed by atoms with Crippen molar-refractivity contribution in [3.05, 3.63) is 28.2 Å². The first kappa shape index (κ1) is 10.1. The van der Waals surface area contributed by atoms with Gasteiger partial charge in [-0.3, -0.25) is 0 Å². The van der Waals surface area contributed by atoms with E-state index in [0.717, 1.165) is 28.2 Å². The SMILES string of the molecule is Oc1ccc(Br)cc1CCCBr. The predicted octanol–water partition coefficient (Wildman–Crippen LogP) is 3.48. The van der Waals surface area contributed by atoms with Crippen LogP contribution in [0.2, 0.25) is 0 Å². The number of rotatable bonds is 3. The summed E-state index contributed by atoms with van der Waals surface area (Å²) in [6.45, 7) is 0. The van der Waals surface area contributed by atoms with Crippen LogP contribution in [-0.2, 0) is 6.42 Å². The lowest BCUT2D eigenvalue weighted by Gasteiger charge is -2.03. The van der Waals surface area contributed by atoms with Crippen LogP contribution in [0.15, 0.2) is 22.7 Å². The Morgan fingerprint density at radius 1 is 1.33 bits per heavy atom. The fraction of sp³-hybridized carbons (Fsp3) is 0.333. The van der Waals surface area contributed by atoms with Crippen molar-refractivity contribution in [2.24, 2.45) is 0 Å². The molecule has 66 valence electrons. The number of hydrogen-bond acceptors (Lipinski definition) is 1. The van der Waals surface area contributed by atoms with E-state index in [2.05, 4.69) is 31.9 Å². The molecular formula is C9H10Br2O. The summed E-state index contributed by atoms with van der Waals surface area (Å²) in [4.78, 5) is 0. The standard InChI is InChI=1S/C9H10Br2O/c10-5-1-2-7-6-8(11)3-4-9(7)12/h3-4,6,12H,1-2,5H2. The van der Waals surface area contributed by atoms with E-state index >= 15 is 0 Å². The molecule has 0 aliphatic carbocycles. The summed E-state index contributed by atoms with van der Waals surface area (Å²) in [5.74, 6) is 0.388. The van der Waals surface area contributed by atoms with Crippen molar-refractivity contribution < 1.29 is 5.11 Å². The second-order valence-corrected chi connectivity index (χ2v) is 4.27. The van der Waals surface area contributed by atoms with Crippen LogP contribution < -0.4 is 0 Å². The van der Waals surface area contributed by atoms with Crippen LogP contribution in [0.3, 0.4) is 0 Å². The van der Waals surface area contributed by atoms with Crippen molar-refractivity contribution in [1.29, 1.82) is 0 Å². The first-order valence-corrected chi connectivity index (χ1v) is 5.69. The van der Waals surface area contributed by atoms with Gasteiger partial charge >= 0.3 is 0 Å². The second-order valence-electron chi connectivity index (χ2n) is 2.57. The third kappa shape index (κ3) is 2.79. The molecular weight excluding hydrogens is 284 g/mol. The second kappa shape index (κ2) is 4.87. The average Bonchev–Trinajstić information content (AvgIpc) is 2.07. The molecule has 0 saturated heterocycles. The molecule has 0 radical (unpaired) electrons. The molecule has 0 spiro atoms. The number of hydrogen-bond donors (Lipinski definition) is 1. The molecule has 0 fully saturated rings. The van der Waals surface area contributed by atoms with Gasteiger partial charge in [0.15, 0.2) is 0 Å². The minimum atomic E-state index is 0.388. The minimum absolute atomic E-state index is 0.388. The molecule has 1 aromatic carbocycles. The lowest BCUT2D eigenvalue weighted by molar-refractivity contribution is 0.467. The molecule has 0 heterocycles. The van der Waals surface area contributed by atoms with Gasteiger partial charge in [0.25, 0.3) is 0 Å². The van der Waals surface area contributed by atoms with Gasteiger partial charge in [0.2, 0.25) is 0 Å². The third-order valence-electron chi connectivity index (χ3n) is 1.62. The van der Waals surface area contributed by atoms with Gasteiger partial charge in [0, 0.05) is 9.80 Å². The highest BCUT2D eigenvalue weighted by Crippen LogP contribution is 2.23. The molecule has 1 aromatic rings. The van der Waals surface area contributed by atoms with Gasteiger partial charge in [0.1, 0.15) is 5.75 Å². The molecule has 0 aliphatic rings. The highest BCUT2D eigenvalue weighted by atomic mass is 79.9. The summed E-state index contributed by atoms with van der Waals surface area (Å²) < 4.78 is 1.02. The predicted molar refractivity (Wildman–Crippen MR) is 57.9 cm³/mol. The van der Waals surface area contributed by atoms with E-state index in [-0.39, 0.29) is 0 Å². The molecule has 3 heteroatoms. The van der Waals surface area contributed by atoms with Crippen molar-refractivity contribution in [1.82, 2.24) is 0 Å². The maximum atomic E-state index is 9.43. The average molecular weight is 294 g/mol. The number of phenolic OH excluding ortho intramolecular Hbond substituents is 1. The van der Waals surface area contributed by atoms with E-state index in [1.807, 2.05) is 12.1 Å². The highest BCUT2D eigenvalue weighted by molar-refractivity contribution is 9.10. The zero-order valence-electron chi connectivity index (χ0n) is 6.56. The Morgan fingerprint density at radius 3 is 2.75 bits per heavy atom. The number of aryl methyl sites for hydroxylation is 1. The van der Waals surface area contributed by atoms with Crippen LogP contribution in [0.5, 0.6) is 5.75 Å². The summed E-state index contributed by atoms with van der Waals surface area (Å²) in [5, 5.41) is 10.4. The maximum absolute atomic E-state index is 9.43. The molecule has 0 saturated carbocycles. The summed E-state index contributed by atoms with van der Waals surface area (Å²) in [6.07, 6.45) is 1.96. The van der Waals surface area contributed by atoms with Gasteiger partial charge in [-0.1, -0.05) is 31.9 Å². The summed E-state index contributed by atoms with van der Waals surface area (Å²) in [7, 11) is 0. The molecule has 0 unspecified atom stereocenters. The lowest BCUT2D eigenvalue weighted by atomic mass is 10.1. The van der Waals surface area contributed by atoms with Gasteiger partial charge in [0.05, 0.1) is 0 Å². The van der Waals surface area contributed by atoms with Crippen molar-refractivity contribution >= 4 is 31.9 Å². The molecule has 12 heavy (non-hydrogen) atoms. The summed E-state index contributed by atoms with van der Waals surface area (Å²) in [6, 6.07) is 5.51. The van der Waals surface area contributed by atoms with E-state index < -0.39 is 0 Å². The molecule has 0 amide bonds. The maximum Gasteiger partial charge on any atom is 0.118 e. The molecule has 0 atom stereocenters. The van der Waals surface area contributed by atoms with Crippen LogP contribution in [0.1, 0.15) is 12.0 Å². The Kier molecular flexibility index (Phi) is 4.09. The van der Waals surface area contributed by atoms with E-state index in [1.165, 1.54) is 0 Å². The molecule has 0 bridgehead atoms. The summed E-state index contributed by atoms with van der Waals surface area (Å²) >= 11 is 6.72. The van der Waals surface area contributed by atoms with Gasteiger partial charge in [-0.15, -0.1) is 0 Å². The summed E-state index contributed by atoms with van der Waals surface area (Å²) in [5.41, 5.74) is 1.00. The van der Waals surface area contributed by atoms with Crippen molar-refractivity contribution in [2.75, 3.05) is 5.33 Å². The smallest absolute Gasteiger partial charge is 0.118 e. The number of halogens is 2. The van der Waals surface area contributed by atoms with E-state index in [4.69, 9.17) is 0 Å². The normalized spacial score (nSPS) is 10.2. The Bertz CT molecular complexity index is 261. The van der Waals surface area contributed by atoms with Crippen LogP contribution in [0.25, 0.3) is 0 Å². The largest absolute Gasteiger partial charge is 0.508 e. The Morgan fingerprint density at radius 2 is 2.08 bits per heavy atom. The van der Waals surface area contributed by atoms with Gasteiger partial charge in [-0.2, -0.15) is 0 Å². The lowest BCUT2D eigenvalue weighted by Crippen LogP contribution is -1.86. The molecule has 0 aliphatic heterocycles. The molecule has 1 N–H and O–H groups in total. The quantitative estimate of drug-likeness (QED) is 0.846. The van der Waals surface area contributed by atoms with Gasteiger partial charge in [-0.05, 0) is 36.6 Å². The number of alkyl halides is 1. The first-order valence-electron chi connectivity index (χ1n) is 3.77. The number of benzene rings is 1. The fourth-order valence-corrected chi connectivity index (χ4v) is 1.70. The van der Waals surface area contributed by atoms with Crippen LogP contribution in [-0.4, -0.2) is 10.4 Å². The topological polar surface area (TPSA) is 20.2 Å². The van der Waals surface area contributed by atoms with E-state index in [0.29, 0.717) is 5.75 Å². The highest BCUT2D eigenvalue weighted by Gasteiger charge is 2.00. The van der Waals surface area contributed by atoms with E-state index in [1.54, 1.807) is 6.07 Å². The molecule has 0 aromatic heterocycles. The zero-order valence-corrected chi connectivity index (χ0v) is 9.73. The first-order chi connectivity index (χ1) is 5.74. The van der Waals surface area contributed by atoms with Crippen molar-refractivity contribution in [2.45, 2.75) is 12.8 Å². The van der Waals surface area contributed by atoms with Crippen molar-refractivity contribution in [3.63, 3.8) is 0 Å². The van der Waals surface area contributed by atoms with Crippen LogP contribution >= 0.6 is 31.9 Å². The van der Waals surface area contributed by atoms with Crippen LogP contribution in [0.4, 0.5) is 0 Å². The zero-order chi connectivity index (χ0) is 8.97. The number of phenols is 1. The fourth-order valence-electron chi connectivity index (χ4n) is 1.01. The minimum Gasteiger partial charge on any atom is -0.508 e. The monoisotopic (exact) mass is 292 g/mol. The van der Waals surface area contributed by atoms with Gasteiger partial charge in [-0.25, -0.2) is 0 Å². The van der Waals surface area contributed by atoms with Gasteiger partial charge < -0.3 is 5.11 Å². The Hall–Kier alpha value is -0.0200. The van der Waals surface area contributed by atoms with Crippen molar-refractivity contribution in [3.8, 4) is 5.75 Å². The van der Waals surface area contributed by atoms with Crippen LogP contribution in [0, 0.1) is 0 Å². The third-order valence-corrected chi connectivity index (χ3v) is 2.68.